The van der Waals surface area contributed by atoms with E-state index in [1.165, 1.54) is 0 Å². The molecule has 2 aliphatic rings. The van der Waals surface area contributed by atoms with Crippen molar-refractivity contribution in [1.29, 1.82) is 0 Å². The standard InChI is InChI=1S/C29H29N3O5/c33-28(32(22-13-6-2-7-14-22)23-15-8-3-9-16-23)30-20-25-27(26-24(36-25)17-10-18-35-26)37-29(34)31-19-21-11-4-1-5-12-21/h1-17,24-27H,18-20H2,(H,30,33)(H,31,34)/t24-,25+,26+,27+/m0/s1. The monoisotopic (exact) mass is 499 g/mol. The van der Waals surface area contributed by atoms with Gasteiger partial charge in [0.15, 0.2) is 6.10 Å². The van der Waals surface area contributed by atoms with Gasteiger partial charge in [0.25, 0.3) is 0 Å². The van der Waals surface area contributed by atoms with E-state index < -0.39 is 24.4 Å². The Bertz CT molecular complexity index is 1170. The van der Waals surface area contributed by atoms with Crippen molar-refractivity contribution >= 4 is 23.5 Å². The highest BCUT2D eigenvalue weighted by molar-refractivity contribution is 5.99. The summed E-state index contributed by atoms with van der Waals surface area (Å²) in [6.07, 6.45) is 1.14. The van der Waals surface area contributed by atoms with Crippen molar-refractivity contribution in [3.8, 4) is 0 Å². The van der Waals surface area contributed by atoms with Gasteiger partial charge in [-0.25, -0.2) is 9.59 Å². The smallest absolute Gasteiger partial charge is 0.407 e. The van der Waals surface area contributed by atoms with E-state index in [9.17, 15) is 9.59 Å². The molecule has 0 unspecified atom stereocenters. The van der Waals surface area contributed by atoms with Gasteiger partial charge >= 0.3 is 12.1 Å². The summed E-state index contributed by atoms with van der Waals surface area (Å²) in [4.78, 5) is 27.6. The number of ether oxygens (including phenoxy) is 3. The van der Waals surface area contributed by atoms with Gasteiger partial charge in [0, 0.05) is 13.1 Å². The summed E-state index contributed by atoms with van der Waals surface area (Å²) in [6, 6.07) is 28.1. The Hall–Kier alpha value is -4.14. The largest absolute Gasteiger partial charge is 0.440 e. The number of carbonyl (C=O) groups is 2. The quantitative estimate of drug-likeness (QED) is 0.466. The zero-order valence-electron chi connectivity index (χ0n) is 20.2. The molecule has 3 aromatic rings. The molecule has 8 nitrogen and oxygen atoms in total. The lowest BCUT2D eigenvalue weighted by Gasteiger charge is -2.27. The molecule has 190 valence electrons. The highest BCUT2D eigenvalue weighted by Gasteiger charge is 2.48. The summed E-state index contributed by atoms with van der Waals surface area (Å²) in [6.45, 7) is 0.882. The second kappa shape index (κ2) is 11.7. The van der Waals surface area contributed by atoms with Crippen LogP contribution in [0.3, 0.4) is 0 Å². The van der Waals surface area contributed by atoms with E-state index >= 15 is 0 Å². The average Bonchev–Trinajstić information content (AvgIpc) is 3.29. The van der Waals surface area contributed by atoms with Crippen LogP contribution in [0.15, 0.2) is 103 Å². The van der Waals surface area contributed by atoms with Crippen molar-refractivity contribution in [3.05, 3.63) is 109 Å². The molecule has 0 radical (unpaired) electrons. The third-order valence-corrected chi connectivity index (χ3v) is 6.27. The first kappa shape index (κ1) is 24.5. The van der Waals surface area contributed by atoms with Crippen molar-refractivity contribution in [2.75, 3.05) is 18.1 Å². The van der Waals surface area contributed by atoms with Gasteiger partial charge in [-0.1, -0.05) is 78.9 Å². The van der Waals surface area contributed by atoms with Crippen LogP contribution in [0.1, 0.15) is 5.56 Å². The highest BCUT2D eigenvalue weighted by atomic mass is 16.6. The van der Waals surface area contributed by atoms with Crippen molar-refractivity contribution in [2.24, 2.45) is 0 Å². The van der Waals surface area contributed by atoms with Crippen LogP contribution in [0, 0.1) is 0 Å². The molecule has 3 amide bonds. The highest BCUT2D eigenvalue weighted by Crippen LogP contribution is 2.30. The minimum atomic E-state index is -0.687. The maximum atomic E-state index is 13.4. The minimum absolute atomic E-state index is 0.135. The fourth-order valence-electron chi connectivity index (χ4n) is 4.50. The van der Waals surface area contributed by atoms with Crippen LogP contribution in [-0.2, 0) is 20.8 Å². The summed E-state index contributed by atoms with van der Waals surface area (Å²) in [5, 5.41) is 5.75. The number of fused-ring (bicyclic) bond motifs is 1. The Morgan fingerprint density at radius 2 is 1.49 bits per heavy atom. The predicted octanol–water partition coefficient (Wildman–Crippen LogP) is 4.55. The van der Waals surface area contributed by atoms with Gasteiger partial charge in [-0.15, -0.1) is 0 Å². The second-order valence-corrected chi connectivity index (χ2v) is 8.77. The molecule has 2 heterocycles. The fraction of sp³-hybridized carbons (Fsp3) is 0.241. The molecule has 0 aliphatic carbocycles. The molecular formula is C29H29N3O5. The molecule has 8 heteroatoms. The van der Waals surface area contributed by atoms with Gasteiger partial charge in [0.2, 0.25) is 0 Å². The van der Waals surface area contributed by atoms with Crippen LogP contribution >= 0.6 is 0 Å². The lowest BCUT2D eigenvalue weighted by atomic mass is 10.1. The Labute approximate surface area is 215 Å². The number of urea groups is 1. The van der Waals surface area contributed by atoms with Crippen LogP contribution < -0.4 is 15.5 Å². The fourth-order valence-corrected chi connectivity index (χ4v) is 4.50. The van der Waals surface area contributed by atoms with Gasteiger partial charge in [0.05, 0.1) is 18.0 Å². The van der Waals surface area contributed by atoms with E-state index in [2.05, 4.69) is 10.6 Å². The summed E-state index contributed by atoms with van der Waals surface area (Å²) in [5.74, 6) is 0. The third kappa shape index (κ3) is 5.99. The van der Waals surface area contributed by atoms with Crippen LogP contribution in [0.5, 0.6) is 0 Å². The van der Waals surface area contributed by atoms with Crippen LogP contribution in [0.4, 0.5) is 21.0 Å². The zero-order valence-corrected chi connectivity index (χ0v) is 20.2. The van der Waals surface area contributed by atoms with Gasteiger partial charge in [0.1, 0.15) is 18.3 Å². The Morgan fingerprint density at radius 3 is 2.14 bits per heavy atom. The number of anilines is 2. The Balaban J connectivity index is 1.26. The number of para-hydroxylation sites is 2. The SMILES string of the molecule is O=C(NCc1ccccc1)O[C@H]1[C@@H]2OCC=C[C@@H]2O[C@@H]1CNC(=O)N(c1ccccc1)c1ccccc1. The second-order valence-electron chi connectivity index (χ2n) is 8.77. The molecule has 1 fully saturated rings. The molecule has 37 heavy (non-hydrogen) atoms. The van der Waals surface area contributed by atoms with Gasteiger partial charge in [-0.2, -0.15) is 0 Å². The molecule has 2 aliphatic heterocycles. The first-order valence-corrected chi connectivity index (χ1v) is 12.3. The van der Waals surface area contributed by atoms with E-state index in [1.54, 1.807) is 4.90 Å². The molecule has 0 bridgehead atoms. The van der Waals surface area contributed by atoms with E-state index in [1.807, 2.05) is 103 Å². The first-order chi connectivity index (χ1) is 18.2. The van der Waals surface area contributed by atoms with E-state index in [4.69, 9.17) is 14.2 Å². The van der Waals surface area contributed by atoms with Crippen molar-refractivity contribution in [2.45, 2.75) is 31.0 Å². The number of nitrogens with one attached hydrogen (secondary N) is 2. The zero-order chi connectivity index (χ0) is 25.5. The number of hydrogen-bond acceptors (Lipinski definition) is 5. The van der Waals surface area contributed by atoms with E-state index in [0.717, 1.165) is 16.9 Å². The predicted molar refractivity (Wildman–Crippen MR) is 140 cm³/mol. The normalized spacial score (nSPS) is 22.1. The van der Waals surface area contributed by atoms with Gasteiger partial charge in [-0.05, 0) is 29.8 Å². The molecule has 1 saturated heterocycles. The summed E-state index contributed by atoms with van der Waals surface area (Å²) < 4.78 is 17.8. The summed E-state index contributed by atoms with van der Waals surface area (Å²) in [7, 11) is 0. The lowest BCUT2D eigenvalue weighted by molar-refractivity contribution is -0.0280. The molecule has 3 aromatic carbocycles. The molecule has 4 atom stereocenters. The Kier molecular flexibility index (Phi) is 7.78. The lowest BCUT2D eigenvalue weighted by Crippen LogP contribution is -2.47. The molecule has 0 aromatic heterocycles. The number of amides is 3. The minimum Gasteiger partial charge on any atom is -0.440 e. The molecule has 2 N–H and O–H groups in total. The van der Waals surface area contributed by atoms with E-state index in [-0.39, 0.29) is 18.7 Å². The summed E-state index contributed by atoms with van der Waals surface area (Å²) >= 11 is 0. The maximum Gasteiger partial charge on any atom is 0.407 e. The van der Waals surface area contributed by atoms with Crippen molar-refractivity contribution in [3.63, 3.8) is 0 Å². The topological polar surface area (TPSA) is 89.1 Å². The average molecular weight is 500 g/mol. The number of hydrogen-bond donors (Lipinski definition) is 2. The van der Waals surface area contributed by atoms with Gasteiger partial charge < -0.3 is 24.8 Å². The number of alkyl carbamates (subject to hydrolysis) is 1. The van der Waals surface area contributed by atoms with Crippen molar-refractivity contribution in [1.82, 2.24) is 10.6 Å². The first-order valence-electron chi connectivity index (χ1n) is 12.3. The number of benzene rings is 3. The van der Waals surface area contributed by atoms with Gasteiger partial charge in [-0.3, -0.25) is 4.90 Å². The third-order valence-electron chi connectivity index (χ3n) is 6.27. The Morgan fingerprint density at radius 1 is 0.865 bits per heavy atom. The molecule has 0 spiro atoms. The summed E-state index contributed by atoms with van der Waals surface area (Å²) in [5.41, 5.74) is 2.42. The molecule has 0 saturated carbocycles. The number of nitrogens with zero attached hydrogens (tertiary/aromatic N) is 1. The van der Waals surface area contributed by atoms with Crippen molar-refractivity contribution < 1.29 is 23.8 Å². The molecule has 5 rings (SSSR count). The molecular weight excluding hydrogens is 470 g/mol. The van der Waals surface area contributed by atoms with Crippen LogP contribution in [-0.4, -0.2) is 49.7 Å². The number of rotatable bonds is 7. The maximum absolute atomic E-state index is 13.4. The van der Waals surface area contributed by atoms with Crippen LogP contribution in [0.2, 0.25) is 0 Å². The number of carbonyl (C=O) groups excluding carboxylic acids is 2. The van der Waals surface area contributed by atoms with Crippen LogP contribution in [0.25, 0.3) is 0 Å². The van der Waals surface area contributed by atoms with E-state index in [0.29, 0.717) is 13.2 Å².